The van der Waals surface area contributed by atoms with Crippen molar-refractivity contribution in [3.05, 3.63) is 11.6 Å². The predicted molar refractivity (Wildman–Crippen MR) is 26.7 cm³/mol. The minimum absolute atomic E-state index is 1.72. The van der Waals surface area contributed by atoms with E-state index in [1.54, 1.807) is 0 Å². The number of carbonyl (C=O) groups is 1. The van der Waals surface area contributed by atoms with Crippen LogP contribution in [0.3, 0.4) is 0 Å². The van der Waals surface area contributed by atoms with Crippen molar-refractivity contribution in [2.45, 2.75) is 12.3 Å². The summed E-state index contributed by atoms with van der Waals surface area (Å²) in [5, 5.41) is 8.40. The number of aliphatic hydroxyl groups is 1. The third-order valence-corrected chi connectivity index (χ3v) is 1.17. The van der Waals surface area contributed by atoms with E-state index in [-0.39, 0.29) is 0 Å². The van der Waals surface area contributed by atoms with Crippen LogP contribution in [-0.2, 0) is 9.53 Å². The molecule has 1 heterocycles. The molecule has 0 saturated heterocycles. The first-order chi connectivity index (χ1) is 5.34. The molecule has 0 radical (unpaired) electrons. The first kappa shape index (κ1) is 8.82. The fourth-order valence-electron chi connectivity index (χ4n) is 0.656. The number of ether oxygens (including phenoxy) is 1. The molecular formula is C5H2F4O3. The number of cyclic esters (lactones) is 1. The lowest BCUT2D eigenvalue weighted by atomic mass is 10.3. The van der Waals surface area contributed by atoms with Crippen molar-refractivity contribution in [2.75, 3.05) is 0 Å². The van der Waals surface area contributed by atoms with Gasteiger partial charge in [0.1, 0.15) is 0 Å². The van der Waals surface area contributed by atoms with Crippen molar-refractivity contribution in [3.63, 3.8) is 0 Å². The predicted octanol–water partition coefficient (Wildman–Crippen LogP) is 1.21. The molecule has 0 bridgehead atoms. The minimum Gasteiger partial charge on any atom is -0.505 e. The Labute approximate surface area is 63.2 Å². The maximum atomic E-state index is 12.1. The maximum absolute atomic E-state index is 12.1. The van der Waals surface area contributed by atoms with Gasteiger partial charge in [0.15, 0.2) is 5.76 Å². The Hall–Kier alpha value is -1.27. The van der Waals surface area contributed by atoms with Crippen LogP contribution in [0.4, 0.5) is 17.6 Å². The average Bonchev–Trinajstić information content (AvgIpc) is 2.15. The fourth-order valence-corrected chi connectivity index (χ4v) is 0.656. The quantitative estimate of drug-likeness (QED) is 0.456. The van der Waals surface area contributed by atoms with E-state index in [0.717, 1.165) is 0 Å². The van der Waals surface area contributed by atoms with Gasteiger partial charge in [0.2, 0.25) is 5.83 Å². The van der Waals surface area contributed by atoms with Gasteiger partial charge < -0.3 is 9.84 Å². The molecule has 0 aromatic carbocycles. The molecule has 3 nitrogen and oxygen atoms in total. The van der Waals surface area contributed by atoms with Gasteiger partial charge in [-0.15, -0.1) is 0 Å². The van der Waals surface area contributed by atoms with E-state index in [1.807, 2.05) is 0 Å². The van der Waals surface area contributed by atoms with Crippen molar-refractivity contribution >= 4 is 5.97 Å². The van der Waals surface area contributed by atoms with E-state index in [9.17, 15) is 22.4 Å². The zero-order valence-corrected chi connectivity index (χ0v) is 5.35. The Bertz CT molecular complexity index is 254. The number of rotatable bonds is 0. The fraction of sp³-hybridized carbons (Fsp3) is 0.400. The van der Waals surface area contributed by atoms with E-state index in [0.29, 0.717) is 0 Å². The van der Waals surface area contributed by atoms with Crippen molar-refractivity contribution < 1.29 is 32.2 Å². The monoisotopic (exact) mass is 186 g/mol. The van der Waals surface area contributed by atoms with E-state index < -0.39 is 29.8 Å². The Morgan fingerprint density at radius 1 is 1.42 bits per heavy atom. The zero-order valence-electron chi connectivity index (χ0n) is 5.35. The maximum Gasteiger partial charge on any atom is 0.433 e. The van der Waals surface area contributed by atoms with Gasteiger partial charge in [-0.1, -0.05) is 0 Å². The number of carbonyl (C=O) groups excluding carboxylic acids is 1. The van der Waals surface area contributed by atoms with Crippen LogP contribution in [0.5, 0.6) is 0 Å². The molecule has 0 amide bonds. The van der Waals surface area contributed by atoms with E-state index >= 15 is 0 Å². The molecule has 1 rings (SSSR count). The molecule has 1 aliphatic rings. The lowest BCUT2D eigenvalue weighted by Gasteiger charge is -2.12. The van der Waals surface area contributed by atoms with Gasteiger partial charge in [0.25, 0.3) is 6.10 Å². The highest BCUT2D eigenvalue weighted by atomic mass is 19.4. The molecule has 0 spiro atoms. The standard InChI is InChI=1S/C5H2F4O3/c6-1-2(10)3(5(7,8)9)12-4(1)11/h3,10H. The number of aliphatic hydroxyl groups excluding tert-OH is 1. The molecule has 0 aromatic heterocycles. The highest BCUT2D eigenvalue weighted by Gasteiger charge is 2.52. The minimum atomic E-state index is -4.98. The molecule has 12 heavy (non-hydrogen) atoms. The van der Waals surface area contributed by atoms with Gasteiger partial charge in [0.05, 0.1) is 0 Å². The third-order valence-electron chi connectivity index (χ3n) is 1.17. The van der Waals surface area contributed by atoms with E-state index in [1.165, 1.54) is 0 Å². The summed E-state index contributed by atoms with van der Waals surface area (Å²) in [5.74, 6) is -5.40. The van der Waals surface area contributed by atoms with Crippen molar-refractivity contribution in [1.29, 1.82) is 0 Å². The summed E-state index contributed by atoms with van der Waals surface area (Å²) >= 11 is 0. The molecular weight excluding hydrogens is 184 g/mol. The number of esters is 1. The first-order valence-corrected chi connectivity index (χ1v) is 2.70. The largest absolute Gasteiger partial charge is 0.505 e. The Kier molecular flexibility index (Phi) is 1.73. The second-order valence-corrected chi connectivity index (χ2v) is 2.03. The van der Waals surface area contributed by atoms with Crippen molar-refractivity contribution in [1.82, 2.24) is 0 Å². The topological polar surface area (TPSA) is 46.5 Å². The third kappa shape index (κ3) is 1.21. The van der Waals surface area contributed by atoms with Gasteiger partial charge in [-0.2, -0.15) is 17.6 Å². The van der Waals surface area contributed by atoms with Gasteiger partial charge in [-0.3, -0.25) is 0 Å². The van der Waals surface area contributed by atoms with E-state index in [4.69, 9.17) is 5.11 Å². The van der Waals surface area contributed by atoms with Gasteiger partial charge in [0, 0.05) is 0 Å². The van der Waals surface area contributed by atoms with E-state index in [2.05, 4.69) is 4.74 Å². The molecule has 7 heteroatoms. The molecule has 1 atom stereocenters. The van der Waals surface area contributed by atoms with Crippen LogP contribution in [0, 0.1) is 0 Å². The number of alkyl halides is 3. The van der Waals surface area contributed by atoms with Crippen LogP contribution in [0.25, 0.3) is 0 Å². The summed E-state index contributed by atoms with van der Waals surface area (Å²) in [6.45, 7) is 0. The molecule has 0 aliphatic carbocycles. The molecule has 0 fully saturated rings. The second kappa shape index (κ2) is 2.36. The highest BCUT2D eigenvalue weighted by molar-refractivity contribution is 5.89. The zero-order chi connectivity index (χ0) is 9.52. The van der Waals surface area contributed by atoms with Crippen LogP contribution in [-0.4, -0.2) is 23.4 Å². The summed E-state index contributed by atoms with van der Waals surface area (Å²) in [7, 11) is 0. The Morgan fingerprint density at radius 3 is 2.08 bits per heavy atom. The summed E-state index contributed by atoms with van der Waals surface area (Å²) in [6, 6.07) is 0. The molecule has 0 saturated carbocycles. The molecule has 1 aliphatic heterocycles. The van der Waals surface area contributed by atoms with Crippen LogP contribution >= 0.6 is 0 Å². The second-order valence-electron chi connectivity index (χ2n) is 2.03. The summed E-state index contributed by atoms with van der Waals surface area (Å²) in [4.78, 5) is 10.1. The SMILES string of the molecule is O=C1OC(C(F)(F)F)C(O)=C1F. The number of hydrogen-bond acceptors (Lipinski definition) is 3. The number of hydrogen-bond donors (Lipinski definition) is 1. The van der Waals surface area contributed by atoms with Crippen LogP contribution in [0.15, 0.2) is 11.6 Å². The smallest absolute Gasteiger partial charge is 0.433 e. The summed E-state index contributed by atoms with van der Waals surface area (Å²) < 4.78 is 50.8. The van der Waals surface area contributed by atoms with Gasteiger partial charge in [-0.25, -0.2) is 4.79 Å². The molecule has 0 aromatic rings. The lowest BCUT2D eigenvalue weighted by molar-refractivity contribution is -0.209. The molecule has 1 N–H and O–H groups in total. The van der Waals surface area contributed by atoms with Gasteiger partial charge in [-0.05, 0) is 0 Å². The summed E-state index contributed by atoms with van der Waals surface area (Å²) in [5.41, 5.74) is 0. The lowest BCUT2D eigenvalue weighted by Crippen LogP contribution is -2.31. The Morgan fingerprint density at radius 2 is 1.92 bits per heavy atom. The van der Waals surface area contributed by atoms with Crippen molar-refractivity contribution in [3.8, 4) is 0 Å². The molecule has 1 unspecified atom stereocenters. The van der Waals surface area contributed by atoms with Gasteiger partial charge >= 0.3 is 12.1 Å². The average molecular weight is 186 g/mol. The highest BCUT2D eigenvalue weighted by Crippen LogP contribution is 2.33. The van der Waals surface area contributed by atoms with Crippen LogP contribution < -0.4 is 0 Å². The molecule has 68 valence electrons. The normalized spacial score (nSPS) is 24.7. The Balaban J connectivity index is 2.95. The first-order valence-electron chi connectivity index (χ1n) is 2.70. The van der Waals surface area contributed by atoms with Crippen molar-refractivity contribution in [2.24, 2.45) is 0 Å². The van der Waals surface area contributed by atoms with Crippen LogP contribution in [0.1, 0.15) is 0 Å². The number of halogens is 4. The summed E-state index contributed by atoms with van der Waals surface area (Å²) in [6.07, 6.45) is -7.84. The van der Waals surface area contributed by atoms with Crippen LogP contribution in [0.2, 0.25) is 0 Å².